The average Bonchev–Trinajstić information content (AvgIpc) is 2.96. The third-order valence-electron chi connectivity index (χ3n) is 5.86. The Labute approximate surface area is 135 Å². The van der Waals surface area contributed by atoms with Crippen LogP contribution in [0.3, 0.4) is 0 Å². The summed E-state index contributed by atoms with van der Waals surface area (Å²) >= 11 is 0. The van der Waals surface area contributed by atoms with E-state index in [4.69, 9.17) is 4.74 Å². The van der Waals surface area contributed by atoms with Crippen molar-refractivity contribution in [2.45, 2.75) is 77.7 Å². The fourth-order valence-corrected chi connectivity index (χ4v) is 3.87. The lowest BCUT2D eigenvalue weighted by Gasteiger charge is -2.36. The van der Waals surface area contributed by atoms with Gasteiger partial charge >= 0.3 is 12.1 Å². The van der Waals surface area contributed by atoms with Crippen molar-refractivity contribution in [1.29, 1.82) is 0 Å². The Morgan fingerprint density at radius 3 is 2.26 bits per heavy atom. The summed E-state index contributed by atoms with van der Waals surface area (Å²) in [6.45, 7) is 6.37. The molecule has 134 valence electrons. The van der Waals surface area contributed by atoms with Crippen molar-refractivity contribution >= 4 is 5.97 Å². The van der Waals surface area contributed by atoms with Crippen LogP contribution in [0.5, 0.6) is 0 Å². The zero-order valence-corrected chi connectivity index (χ0v) is 14.2. The van der Waals surface area contributed by atoms with Crippen molar-refractivity contribution in [3.63, 3.8) is 0 Å². The van der Waals surface area contributed by atoms with E-state index < -0.39 is 17.2 Å². The van der Waals surface area contributed by atoms with Crippen LogP contribution in [-0.2, 0) is 9.53 Å². The van der Waals surface area contributed by atoms with Crippen molar-refractivity contribution in [1.82, 2.24) is 0 Å². The van der Waals surface area contributed by atoms with Gasteiger partial charge in [0.05, 0.1) is 5.41 Å². The summed E-state index contributed by atoms with van der Waals surface area (Å²) in [6, 6.07) is 0. The summed E-state index contributed by atoms with van der Waals surface area (Å²) in [7, 11) is 0. The van der Waals surface area contributed by atoms with Gasteiger partial charge in [-0.25, -0.2) is 0 Å². The van der Waals surface area contributed by atoms with E-state index in [2.05, 4.69) is 0 Å². The van der Waals surface area contributed by atoms with Gasteiger partial charge in [0.2, 0.25) is 0 Å². The van der Waals surface area contributed by atoms with Crippen LogP contribution < -0.4 is 0 Å². The molecule has 2 rings (SSSR count). The van der Waals surface area contributed by atoms with Crippen molar-refractivity contribution < 1.29 is 27.8 Å². The number of carbonyl (C=O) groups excluding carboxylic acids is 1. The molecule has 5 atom stereocenters. The standard InChI is InChI=1S/C17H27F3O3/c1-5-15(2,3)14(21)23-13-8-10-6-11(12(13)7-10)9-16(4,22)17(18,19)20/h10-13,22H,5-9H2,1-4H3. The molecule has 0 amide bonds. The molecule has 3 nitrogen and oxygen atoms in total. The number of ether oxygens (including phenoxy) is 1. The van der Waals surface area contributed by atoms with Gasteiger partial charge in [-0.3, -0.25) is 4.79 Å². The molecule has 0 heterocycles. The fraction of sp³-hybridized carbons (Fsp3) is 0.941. The van der Waals surface area contributed by atoms with Crippen LogP contribution in [0, 0.1) is 23.2 Å². The highest BCUT2D eigenvalue weighted by Crippen LogP contribution is 2.53. The second-order valence-electron chi connectivity index (χ2n) is 8.15. The number of aliphatic hydroxyl groups is 1. The third-order valence-corrected chi connectivity index (χ3v) is 5.86. The zero-order valence-electron chi connectivity index (χ0n) is 14.2. The van der Waals surface area contributed by atoms with E-state index in [-0.39, 0.29) is 30.3 Å². The van der Waals surface area contributed by atoms with Gasteiger partial charge in [-0.2, -0.15) is 13.2 Å². The molecule has 0 aromatic rings. The Morgan fingerprint density at radius 1 is 1.17 bits per heavy atom. The third kappa shape index (κ3) is 3.67. The molecular weight excluding hydrogens is 309 g/mol. The van der Waals surface area contributed by atoms with Gasteiger partial charge < -0.3 is 9.84 Å². The highest BCUT2D eigenvalue weighted by molar-refractivity contribution is 5.76. The molecule has 23 heavy (non-hydrogen) atoms. The molecule has 2 aliphatic carbocycles. The normalized spacial score (nSPS) is 33.6. The van der Waals surface area contributed by atoms with Gasteiger partial charge in [0.25, 0.3) is 0 Å². The minimum Gasteiger partial charge on any atom is -0.462 e. The molecule has 0 saturated heterocycles. The summed E-state index contributed by atoms with van der Waals surface area (Å²) in [6.07, 6.45) is -2.39. The fourth-order valence-electron chi connectivity index (χ4n) is 3.87. The van der Waals surface area contributed by atoms with Crippen LogP contribution in [0.1, 0.15) is 59.8 Å². The molecule has 2 saturated carbocycles. The van der Waals surface area contributed by atoms with Gasteiger partial charge in [-0.05, 0) is 70.6 Å². The van der Waals surface area contributed by atoms with E-state index in [1.54, 1.807) is 0 Å². The first-order chi connectivity index (χ1) is 10.4. The molecular formula is C17H27F3O3. The zero-order chi connectivity index (χ0) is 17.6. The topological polar surface area (TPSA) is 46.5 Å². The molecule has 0 spiro atoms. The second-order valence-corrected chi connectivity index (χ2v) is 8.15. The lowest BCUT2D eigenvalue weighted by Crippen LogP contribution is -2.45. The van der Waals surface area contributed by atoms with Gasteiger partial charge in [0.1, 0.15) is 6.10 Å². The summed E-state index contributed by atoms with van der Waals surface area (Å²) in [4.78, 5) is 12.2. The first-order valence-electron chi connectivity index (χ1n) is 8.37. The molecule has 0 aromatic heterocycles. The maximum atomic E-state index is 12.9. The van der Waals surface area contributed by atoms with Gasteiger partial charge in [0.15, 0.2) is 5.60 Å². The highest BCUT2D eigenvalue weighted by atomic mass is 19.4. The van der Waals surface area contributed by atoms with Crippen LogP contribution in [0.25, 0.3) is 0 Å². The number of hydrogen-bond donors (Lipinski definition) is 1. The van der Waals surface area contributed by atoms with E-state index in [0.29, 0.717) is 18.8 Å². The molecule has 2 aliphatic rings. The number of rotatable bonds is 5. The smallest absolute Gasteiger partial charge is 0.416 e. The van der Waals surface area contributed by atoms with Crippen LogP contribution in [-0.4, -0.2) is 29.0 Å². The Balaban J connectivity index is 2.02. The number of esters is 1. The number of carbonyl (C=O) groups is 1. The van der Waals surface area contributed by atoms with Crippen molar-refractivity contribution in [2.24, 2.45) is 23.2 Å². The first kappa shape index (κ1) is 18.6. The van der Waals surface area contributed by atoms with Crippen molar-refractivity contribution in [3.05, 3.63) is 0 Å². The number of fused-ring (bicyclic) bond motifs is 2. The molecule has 6 heteroatoms. The SMILES string of the molecule is CCC(C)(C)C(=O)OC1CC2CC(CC(C)(O)C(F)(F)F)C1C2. The monoisotopic (exact) mass is 336 g/mol. The van der Waals surface area contributed by atoms with Gasteiger partial charge in [-0.15, -0.1) is 0 Å². The maximum absolute atomic E-state index is 12.9. The van der Waals surface area contributed by atoms with Crippen LogP contribution >= 0.6 is 0 Å². The molecule has 0 radical (unpaired) electrons. The summed E-state index contributed by atoms with van der Waals surface area (Å²) < 4.78 is 44.3. The Hall–Kier alpha value is -0.780. The number of alkyl halides is 3. The van der Waals surface area contributed by atoms with Crippen LogP contribution in [0.4, 0.5) is 13.2 Å². The lowest BCUT2D eigenvalue weighted by molar-refractivity contribution is -0.260. The van der Waals surface area contributed by atoms with Crippen molar-refractivity contribution in [2.75, 3.05) is 0 Å². The quantitative estimate of drug-likeness (QED) is 0.770. The van der Waals surface area contributed by atoms with E-state index in [0.717, 1.165) is 19.8 Å². The number of hydrogen-bond acceptors (Lipinski definition) is 3. The van der Waals surface area contributed by atoms with Crippen molar-refractivity contribution in [3.8, 4) is 0 Å². The Morgan fingerprint density at radius 2 is 1.78 bits per heavy atom. The molecule has 2 fully saturated rings. The number of halogens is 3. The average molecular weight is 336 g/mol. The minimum absolute atomic E-state index is 0.0644. The molecule has 0 aliphatic heterocycles. The van der Waals surface area contributed by atoms with Gasteiger partial charge in [0, 0.05) is 0 Å². The van der Waals surface area contributed by atoms with Gasteiger partial charge in [-0.1, -0.05) is 6.92 Å². The molecule has 1 N–H and O–H groups in total. The highest BCUT2D eigenvalue weighted by Gasteiger charge is 2.56. The predicted molar refractivity (Wildman–Crippen MR) is 79.6 cm³/mol. The molecule has 5 unspecified atom stereocenters. The van der Waals surface area contributed by atoms with E-state index in [9.17, 15) is 23.1 Å². The van der Waals surface area contributed by atoms with E-state index in [1.165, 1.54) is 0 Å². The molecule has 0 aromatic carbocycles. The minimum atomic E-state index is -4.63. The van der Waals surface area contributed by atoms with E-state index in [1.807, 2.05) is 20.8 Å². The van der Waals surface area contributed by atoms with Crippen LogP contribution in [0.15, 0.2) is 0 Å². The molecule has 2 bridgehead atoms. The predicted octanol–water partition coefficient (Wildman–Crippen LogP) is 4.08. The Kier molecular flexibility index (Phi) is 4.79. The summed E-state index contributed by atoms with van der Waals surface area (Å²) in [5.41, 5.74) is -3.26. The maximum Gasteiger partial charge on any atom is 0.416 e. The lowest BCUT2D eigenvalue weighted by atomic mass is 9.79. The summed E-state index contributed by atoms with van der Waals surface area (Å²) in [5.74, 6) is -0.284. The first-order valence-corrected chi connectivity index (χ1v) is 8.37. The second kappa shape index (κ2) is 5.94. The van der Waals surface area contributed by atoms with Crippen LogP contribution in [0.2, 0.25) is 0 Å². The largest absolute Gasteiger partial charge is 0.462 e. The Bertz CT molecular complexity index is 456. The summed E-state index contributed by atoms with van der Waals surface area (Å²) in [5, 5.41) is 9.74. The van der Waals surface area contributed by atoms with E-state index >= 15 is 0 Å².